The second-order valence-corrected chi connectivity index (χ2v) is 8.07. The van der Waals surface area contributed by atoms with Crippen molar-refractivity contribution >= 4 is 17.7 Å². The smallest absolute Gasteiger partial charge is 0.234 e. The van der Waals surface area contributed by atoms with E-state index in [1.54, 1.807) is 0 Å². The quantitative estimate of drug-likeness (QED) is 0.743. The fourth-order valence-corrected chi connectivity index (χ4v) is 4.48. The molecule has 0 heterocycles. The Bertz CT molecular complexity index is 493. The monoisotopic (exact) mass is 348 g/mol. The minimum atomic E-state index is 0.0572. The largest absolute Gasteiger partial charge is 0.348 e. The summed E-state index contributed by atoms with van der Waals surface area (Å²) in [5.41, 5.74) is 1.18. The van der Waals surface area contributed by atoms with Gasteiger partial charge < -0.3 is 5.32 Å². The Hall–Kier alpha value is -1.00. The highest BCUT2D eigenvalue weighted by atomic mass is 32.2. The van der Waals surface area contributed by atoms with Crippen LogP contribution in [-0.4, -0.2) is 35.7 Å². The van der Waals surface area contributed by atoms with Crippen molar-refractivity contribution in [1.82, 2.24) is 10.2 Å². The minimum Gasteiger partial charge on any atom is -0.348 e. The zero-order valence-corrected chi connectivity index (χ0v) is 16.2. The van der Waals surface area contributed by atoms with Crippen molar-refractivity contribution in [3.05, 3.63) is 29.8 Å². The van der Waals surface area contributed by atoms with Crippen molar-refractivity contribution in [2.45, 2.75) is 69.1 Å². The maximum Gasteiger partial charge on any atom is 0.234 e. The third-order valence-electron chi connectivity index (χ3n) is 4.87. The Balaban J connectivity index is 1.83. The molecule has 0 saturated heterocycles. The highest BCUT2D eigenvalue weighted by Gasteiger charge is 2.15. The molecule has 4 heteroatoms. The Morgan fingerprint density at radius 1 is 1.17 bits per heavy atom. The molecule has 1 unspecified atom stereocenters. The fourth-order valence-electron chi connectivity index (χ4n) is 3.23. The van der Waals surface area contributed by atoms with E-state index < -0.39 is 0 Å². The highest BCUT2D eigenvalue weighted by Crippen LogP contribution is 2.33. The van der Waals surface area contributed by atoms with Gasteiger partial charge in [-0.25, -0.2) is 0 Å². The minimum absolute atomic E-state index is 0.0572. The zero-order valence-electron chi connectivity index (χ0n) is 15.4. The highest BCUT2D eigenvalue weighted by molar-refractivity contribution is 8.00. The number of carbonyl (C=O) groups excluding carboxylic acids is 1. The zero-order chi connectivity index (χ0) is 17.4. The molecule has 24 heavy (non-hydrogen) atoms. The lowest BCUT2D eigenvalue weighted by atomic mass is 10.0. The summed E-state index contributed by atoms with van der Waals surface area (Å²) in [6, 6.07) is 8.80. The van der Waals surface area contributed by atoms with Crippen molar-refractivity contribution in [2.75, 3.05) is 19.6 Å². The molecular weight excluding hydrogens is 316 g/mol. The van der Waals surface area contributed by atoms with Gasteiger partial charge in [-0.3, -0.25) is 9.69 Å². The van der Waals surface area contributed by atoms with Crippen LogP contribution in [0.5, 0.6) is 0 Å². The predicted molar refractivity (Wildman–Crippen MR) is 104 cm³/mol. The Labute approximate surface area is 151 Å². The topological polar surface area (TPSA) is 32.3 Å². The number of nitrogens with one attached hydrogen (secondary N) is 1. The number of thioether (sulfide) groups is 1. The van der Waals surface area contributed by atoms with Crippen molar-refractivity contribution in [3.8, 4) is 0 Å². The molecule has 0 aromatic heterocycles. The molecule has 1 atom stereocenters. The van der Waals surface area contributed by atoms with Gasteiger partial charge in [0.1, 0.15) is 0 Å². The average Bonchev–Trinajstić information content (AvgIpc) is 2.61. The van der Waals surface area contributed by atoms with E-state index >= 15 is 0 Å². The van der Waals surface area contributed by atoms with Crippen LogP contribution >= 0.6 is 11.8 Å². The van der Waals surface area contributed by atoms with Gasteiger partial charge in [0.05, 0.1) is 12.6 Å². The lowest BCUT2D eigenvalue weighted by molar-refractivity contribution is -0.122. The number of likely N-dealkylation sites (N-methyl/N-ethyl adjacent to an activating group) is 1. The van der Waals surface area contributed by atoms with Gasteiger partial charge in [0.15, 0.2) is 0 Å². The van der Waals surface area contributed by atoms with Crippen molar-refractivity contribution < 1.29 is 4.79 Å². The van der Waals surface area contributed by atoms with E-state index in [4.69, 9.17) is 0 Å². The van der Waals surface area contributed by atoms with E-state index in [1.807, 2.05) is 11.8 Å². The number of rotatable bonds is 8. The average molecular weight is 349 g/mol. The second-order valence-electron chi connectivity index (χ2n) is 6.70. The van der Waals surface area contributed by atoms with Crippen LogP contribution in [0.25, 0.3) is 0 Å². The lowest BCUT2D eigenvalue weighted by Crippen LogP contribution is -2.38. The van der Waals surface area contributed by atoms with Gasteiger partial charge in [0, 0.05) is 10.1 Å². The first-order valence-corrected chi connectivity index (χ1v) is 10.3. The van der Waals surface area contributed by atoms with E-state index in [0.717, 1.165) is 18.3 Å². The molecule has 134 valence electrons. The molecule has 0 radical (unpaired) electrons. The van der Waals surface area contributed by atoms with Crippen molar-refractivity contribution in [1.29, 1.82) is 0 Å². The van der Waals surface area contributed by atoms with Crippen LogP contribution in [0.2, 0.25) is 0 Å². The molecule has 1 amide bonds. The SMILES string of the molecule is CCN(CC)CC(=O)NC(C)c1ccc(SC2CCCCC2)cc1. The van der Waals surface area contributed by atoms with E-state index in [9.17, 15) is 4.79 Å². The van der Waals surface area contributed by atoms with Gasteiger partial charge in [0.25, 0.3) is 0 Å². The summed E-state index contributed by atoms with van der Waals surface area (Å²) >= 11 is 2.02. The van der Waals surface area contributed by atoms with E-state index in [1.165, 1.54) is 42.6 Å². The van der Waals surface area contributed by atoms with Crippen LogP contribution in [0.1, 0.15) is 64.5 Å². The summed E-state index contributed by atoms with van der Waals surface area (Å²) in [5.74, 6) is 0.104. The molecule has 0 spiro atoms. The first-order chi connectivity index (χ1) is 11.6. The van der Waals surface area contributed by atoms with Gasteiger partial charge in [0.2, 0.25) is 5.91 Å². The van der Waals surface area contributed by atoms with Crippen LogP contribution in [-0.2, 0) is 4.79 Å². The second kappa shape index (κ2) is 10.1. The Morgan fingerprint density at radius 2 is 1.79 bits per heavy atom. The molecule has 1 aliphatic carbocycles. The molecule has 1 aromatic carbocycles. The van der Waals surface area contributed by atoms with Gasteiger partial charge in [-0.1, -0.05) is 45.2 Å². The summed E-state index contributed by atoms with van der Waals surface area (Å²) in [7, 11) is 0. The molecule has 1 N–H and O–H groups in total. The van der Waals surface area contributed by atoms with Crippen LogP contribution in [0.15, 0.2) is 29.2 Å². The van der Waals surface area contributed by atoms with E-state index in [0.29, 0.717) is 6.54 Å². The first kappa shape index (κ1) is 19.3. The number of nitrogens with zero attached hydrogens (tertiary/aromatic N) is 1. The van der Waals surface area contributed by atoms with E-state index in [-0.39, 0.29) is 11.9 Å². The summed E-state index contributed by atoms with van der Waals surface area (Å²) < 4.78 is 0. The lowest BCUT2D eigenvalue weighted by Gasteiger charge is -2.22. The first-order valence-electron chi connectivity index (χ1n) is 9.40. The van der Waals surface area contributed by atoms with Gasteiger partial charge in [-0.15, -0.1) is 11.8 Å². The van der Waals surface area contributed by atoms with Crippen LogP contribution in [0.4, 0.5) is 0 Å². The number of amides is 1. The third kappa shape index (κ3) is 6.14. The van der Waals surface area contributed by atoms with Crippen LogP contribution in [0, 0.1) is 0 Å². The molecule has 3 nitrogen and oxygen atoms in total. The molecule has 2 rings (SSSR count). The molecule has 1 aromatic rings. The number of benzene rings is 1. The maximum atomic E-state index is 12.1. The standard InChI is InChI=1S/C20H32N2OS/c1-4-22(5-2)15-20(23)21-16(3)17-11-13-19(14-12-17)24-18-9-7-6-8-10-18/h11-14,16,18H,4-10,15H2,1-3H3,(H,21,23). The third-order valence-corrected chi connectivity index (χ3v) is 6.22. The number of hydrogen-bond acceptors (Lipinski definition) is 3. The number of hydrogen-bond donors (Lipinski definition) is 1. The summed E-state index contributed by atoms with van der Waals surface area (Å²) in [4.78, 5) is 15.6. The molecule has 0 bridgehead atoms. The van der Waals surface area contributed by atoms with Crippen LogP contribution < -0.4 is 5.32 Å². The molecule has 1 aliphatic rings. The van der Waals surface area contributed by atoms with Crippen molar-refractivity contribution in [3.63, 3.8) is 0 Å². The molecule has 0 aliphatic heterocycles. The number of carbonyl (C=O) groups is 1. The van der Waals surface area contributed by atoms with Gasteiger partial charge in [-0.05, 0) is 50.6 Å². The maximum absolute atomic E-state index is 12.1. The van der Waals surface area contributed by atoms with Crippen molar-refractivity contribution in [2.24, 2.45) is 0 Å². The van der Waals surface area contributed by atoms with Gasteiger partial charge in [-0.2, -0.15) is 0 Å². The molecule has 1 fully saturated rings. The summed E-state index contributed by atoms with van der Waals surface area (Å²) in [5, 5.41) is 3.90. The predicted octanol–water partition coefficient (Wildman–Crippen LogP) is 4.63. The fraction of sp³-hybridized carbons (Fsp3) is 0.650. The molecule has 1 saturated carbocycles. The normalized spacial score (nSPS) is 17.0. The Morgan fingerprint density at radius 3 is 2.38 bits per heavy atom. The summed E-state index contributed by atoms with van der Waals surface area (Å²) in [6.07, 6.45) is 6.87. The van der Waals surface area contributed by atoms with Crippen LogP contribution in [0.3, 0.4) is 0 Å². The Kier molecular flexibility index (Phi) is 8.13. The molecular formula is C20H32N2OS. The van der Waals surface area contributed by atoms with Gasteiger partial charge >= 0.3 is 0 Å². The van der Waals surface area contributed by atoms with E-state index in [2.05, 4.69) is 55.3 Å². The summed E-state index contributed by atoms with van der Waals surface area (Å²) in [6.45, 7) is 8.53.